The molecular weight excluding hydrogens is 278 g/mol. The molecule has 1 aromatic carbocycles. The number of nitrogens with one attached hydrogen (secondary N) is 2. The van der Waals surface area contributed by atoms with Crippen molar-refractivity contribution in [2.24, 2.45) is 0 Å². The molecule has 0 saturated heterocycles. The molecule has 1 unspecified atom stereocenters. The molecule has 104 valence electrons. The summed E-state index contributed by atoms with van der Waals surface area (Å²) in [5.74, 6) is -1.11. The number of rotatable bonds is 5. The van der Waals surface area contributed by atoms with Crippen LogP contribution in [0.2, 0.25) is 0 Å². The first-order chi connectivity index (χ1) is 9.66. The van der Waals surface area contributed by atoms with E-state index in [-0.39, 0.29) is 6.54 Å². The number of nitrogens with zero attached hydrogens (tertiary/aromatic N) is 1. The van der Waals surface area contributed by atoms with E-state index < -0.39 is 18.0 Å². The van der Waals surface area contributed by atoms with Gasteiger partial charge < -0.3 is 15.7 Å². The van der Waals surface area contributed by atoms with Crippen LogP contribution in [0.5, 0.6) is 0 Å². The van der Waals surface area contributed by atoms with Crippen molar-refractivity contribution in [3.05, 3.63) is 52.5 Å². The molecule has 1 heterocycles. The van der Waals surface area contributed by atoms with E-state index in [9.17, 15) is 14.7 Å². The maximum Gasteiger partial charge on any atom is 0.330 e. The predicted octanol–water partition coefficient (Wildman–Crippen LogP) is 1.77. The quantitative estimate of drug-likeness (QED) is 0.783. The highest BCUT2D eigenvalue weighted by Crippen LogP contribution is 2.12. The number of aliphatic carboxylic acids is 1. The summed E-state index contributed by atoms with van der Waals surface area (Å²) in [6.07, 6.45) is 1.64. The smallest absolute Gasteiger partial charge is 0.330 e. The van der Waals surface area contributed by atoms with Crippen LogP contribution in [0.15, 0.2) is 41.9 Å². The van der Waals surface area contributed by atoms with E-state index in [2.05, 4.69) is 15.6 Å². The predicted molar refractivity (Wildman–Crippen MR) is 74.3 cm³/mol. The fourth-order valence-corrected chi connectivity index (χ4v) is 2.17. The Hall–Kier alpha value is -2.41. The maximum absolute atomic E-state index is 11.7. The van der Waals surface area contributed by atoms with Crippen molar-refractivity contribution in [3.63, 3.8) is 0 Å². The van der Waals surface area contributed by atoms with Gasteiger partial charge in [-0.2, -0.15) is 0 Å². The van der Waals surface area contributed by atoms with Gasteiger partial charge in [-0.1, -0.05) is 30.3 Å². The summed E-state index contributed by atoms with van der Waals surface area (Å²) in [5, 5.41) is 16.7. The molecule has 0 aliphatic heterocycles. The Balaban J connectivity index is 1.95. The SMILES string of the molecule is O=C(NCc1nccs1)NC(C(=O)O)c1ccccc1. The van der Waals surface area contributed by atoms with Crippen molar-refractivity contribution >= 4 is 23.3 Å². The van der Waals surface area contributed by atoms with Crippen molar-refractivity contribution in [3.8, 4) is 0 Å². The number of benzene rings is 1. The van der Waals surface area contributed by atoms with Gasteiger partial charge in [0.05, 0.1) is 6.54 Å². The monoisotopic (exact) mass is 291 g/mol. The summed E-state index contributed by atoms with van der Waals surface area (Å²) in [4.78, 5) is 27.0. The molecule has 2 rings (SSSR count). The normalized spacial score (nSPS) is 11.6. The van der Waals surface area contributed by atoms with Crippen molar-refractivity contribution in [1.29, 1.82) is 0 Å². The topological polar surface area (TPSA) is 91.3 Å². The van der Waals surface area contributed by atoms with Crippen LogP contribution in [-0.4, -0.2) is 22.1 Å². The van der Waals surface area contributed by atoms with Gasteiger partial charge in [0, 0.05) is 11.6 Å². The molecule has 20 heavy (non-hydrogen) atoms. The van der Waals surface area contributed by atoms with E-state index in [0.29, 0.717) is 5.56 Å². The van der Waals surface area contributed by atoms with Crippen LogP contribution in [0, 0.1) is 0 Å². The zero-order valence-electron chi connectivity index (χ0n) is 10.4. The molecular formula is C13H13N3O3S. The highest BCUT2D eigenvalue weighted by atomic mass is 32.1. The number of hydrogen-bond acceptors (Lipinski definition) is 4. The molecule has 2 amide bonds. The minimum absolute atomic E-state index is 0.268. The first kappa shape index (κ1) is 14.0. The van der Waals surface area contributed by atoms with Crippen LogP contribution in [0.25, 0.3) is 0 Å². The number of carboxylic acid groups (broad SMARTS) is 1. The number of amides is 2. The number of thiazole rings is 1. The van der Waals surface area contributed by atoms with Crippen LogP contribution in [0.3, 0.4) is 0 Å². The van der Waals surface area contributed by atoms with Gasteiger partial charge in [0.2, 0.25) is 0 Å². The Morgan fingerprint density at radius 1 is 1.30 bits per heavy atom. The van der Waals surface area contributed by atoms with E-state index in [1.54, 1.807) is 41.9 Å². The van der Waals surface area contributed by atoms with Gasteiger partial charge in [-0.15, -0.1) is 11.3 Å². The molecule has 0 aliphatic carbocycles. The lowest BCUT2D eigenvalue weighted by Gasteiger charge is -2.15. The Labute approximate surface area is 119 Å². The number of hydrogen-bond donors (Lipinski definition) is 3. The molecule has 6 nitrogen and oxygen atoms in total. The van der Waals surface area contributed by atoms with E-state index in [4.69, 9.17) is 0 Å². The zero-order chi connectivity index (χ0) is 14.4. The van der Waals surface area contributed by atoms with Crippen LogP contribution in [-0.2, 0) is 11.3 Å². The summed E-state index contributed by atoms with van der Waals surface area (Å²) in [7, 11) is 0. The Kier molecular flexibility index (Phi) is 4.67. The average Bonchev–Trinajstić information content (AvgIpc) is 2.96. The second-order valence-corrected chi connectivity index (χ2v) is 4.91. The third-order valence-electron chi connectivity index (χ3n) is 2.54. The minimum Gasteiger partial charge on any atom is -0.479 e. The zero-order valence-corrected chi connectivity index (χ0v) is 11.3. The highest BCUT2D eigenvalue weighted by molar-refractivity contribution is 7.09. The molecule has 0 bridgehead atoms. The Morgan fingerprint density at radius 2 is 2.05 bits per heavy atom. The van der Waals surface area contributed by atoms with Crippen molar-refractivity contribution in [2.45, 2.75) is 12.6 Å². The Morgan fingerprint density at radius 3 is 2.65 bits per heavy atom. The molecule has 7 heteroatoms. The molecule has 0 spiro atoms. The lowest BCUT2D eigenvalue weighted by molar-refractivity contribution is -0.139. The lowest BCUT2D eigenvalue weighted by atomic mass is 10.1. The number of carbonyl (C=O) groups is 2. The van der Waals surface area contributed by atoms with Gasteiger partial charge >= 0.3 is 12.0 Å². The van der Waals surface area contributed by atoms with E-state index in [1.807, 2.05) is 0 Å². The molecule has 0 saturated carbocycles. The fraction of sp³-hybridized carbons (Fsp3) is 0.154. The molecule has 3 N–H and O–H groups in total. The first-order valence-electron chi connectivity index (χ1n) is 5.87. The number of urea groups is 1. The molecule has 0 radical (unpaired) electrons. The van der Waals surface area contributed by atoms with Gasteiger partial charge in [0.15, 0.2) is 6.04 Å². The third kappa shape index (κ3) is 3.79. The van der Waals surface area contributed by atoms with Gasteiger partial charge in [-0.3, -0.25) is 0 Å². The molecule has 1 atom stereocenters. The van der Waals surface area contributed by atoms with Crippen molar-refractivity contribution in [1.82, 2.24) is 15.6 Å². The van der Waals surface area contributed by atoms with Crippen LogP contribution in [0.4, 0.5) is 4.79 Å². The molecule has 1 aromatic heterocycles. The van der Waals surface area contributed by atoms with Gasteiger partial charge in [0.1, 0.15) is 5.01 Å². The van der Waals surface area contributed by atoms with Gasteiger partial charge in [-0.25, -0.2) is 14.6 Å². The molecule has 0 aliphatic rings. The highest BCUT2D eigenvalue weighted by Gasteiger charge is 2.21. The summed E-state index contributed by atoms with van der Waals surface area (Å²) in [6.45, 7) is 0.268. The van der Waals surface area contributed by atoms with Crippen LogP contribution < -0.4 is 10.6 Å². The molecule has 0 fully saturated rings. The second kappa shape index (κ2) is 6.67. The summed E-state index contributed by atoms with van der Waals surface area (Å²) in [6, 6.07) is 6.91. The first-order valence-corrected chi connectivity index (χ1v) is 6.75. The van der Waals surface area contributed by atoms with E-state index >= 15 is 0 Å². The van der Waals surface area contributed by atoms with Crippen LogP contribution >= 0.6 is 11.3 Å². The van der Waals surface area contributed by atoms with Gasteiger partial charge in [-0.05, 0) is 5.56 Å². The maximum atomic E-state index is 11.7. The number of carboxylic acids is 1. The summed E-state index contributed by atoms with van der Waals surface area (Å²) < 4.78 is 0. The number of carbonyl (C=O) groups excluding carboxylic acids is 1. The van der Waals surface area contributed by atoms with E-state index in [1.165, 1.54) is 11.3 Å². The lowest BCUT2D eigenvalue weighted by Crippen LogP contribution is -2.40. The standard InChI is InChI=1S/C13H13N3O3S/c17-12(18)11(9-4-2-1-3-5-9)16-13(19)15-8-10-14-6-7-20-10/h1-7,11H,8H2,(H,17,18)(H2,15,16,19). The van der Waals surface area contributed by atoms with E-state index in [0.717, 1.165) is 5.01 Å². The van der Waals surface area contributed by atoms with Gasteiger partial charge in [0.25, 0.3) is 0 Å². The summed E-state index contributed by atoms with van der Waals surface area (Å²) in [5.41, 5.74) is 0.518. The minimum atomic E-state index is -1.11. The summed E-state index contributed by atoms with van der Waals surface area (Å²) >= 11 is 1.42. The third-order valence-corrected chi connectivity index (χ3v) is 3.32. The van der Waals surface area contributed by atoms with Crippen molar-refractivity contribution < 1.29 is 14.7 Å². The van der Waals surface area contributed by atoms with Crippen LogP contribution in [0.1, 0.15) is 16.6 Å². The number of aromatic nitrogens is 1. The average molecular weight is 291 g/mol. The second-order valence-electron chi connectivity index (χ2n) is 3.93. The fourth-order valence-electron chi connectivity index (χ4n) is 1.61. The molecule has 2 aromatic rings. The van der Waals surface area contributed by atoms with Crippen molar-refractivity contribution in [2.75, 3.05) is 0 Å². The largest absolute Gasteiger partial charge is 0.479 e. The Bertz CT molecular complexity index is 572.